The maximum absolute atomic E-state index is 13.4. The van der Waals surface area contributed by atoms with Crippen LogP contribution in [0.3, 0.4) is 0 Å². The molecule has 2 aromatic rings. The molecule has 36 heavy (non-hydrogen) atoms. The molecule has 0 radical (unpaired) electrons. The van der Waals surface area contributed by atoms with Gasteiger partial charge in [-0.2, -0.15) is 13.2 Å². The molecule has 7 nitrogen and oxygen atoms in total. The standard InChI is InChI=1S/C23H27ClF3N5O2.2ClH/c1-14-10-18(33)20-19(14)21(30-13-29-20)31-6-8-32(9-7-31)22(34)17(11-28-12-23(25,26)27)15-2-4-16(24)5-3-15;;/h2-5,13-14,17-18,28,33H,6-12H2,1H3;2*1H/t14-,17?,18-;;/m1../s1. The van der Waals surface area contributed by atoms with Crippen molar-refractivity contribution >= 4 is 48.1 Å². The highest BCUT2D eigenvalue weighted by Gasteiger charge is 2.35. The zero-order chi connectivity index (χ0) is 24.5. The van der Waals surface area contributed by atoms with E-state index in [2.05, 4.69) is 20.2 Å². The Balaban J connectivity index is 0.00000228. The van der Waals surface area contributed by atoms with Gasteiger partial charge in [0.15, 0.2) is 0 Å². The van der Waals surface area contributed by atoms with Gasteiger partial charge in [0.1, 0.15) is 12.1 Å². The fourth-order valence-electron chi connectivity index (χ4n) is 4.71. The second-order valence-corrected chi connectivity index (χ2v) is 9.25. The summed E-state index contributed by atoms with van der Waals surface area (Å²) >= 11 is 5.95. The van der Waals surface area contributed by atoms with Crippen LogP contribution >= 0.6 is 36.4 Å². The third kappa shape index (κ3) is 6.92. The number of alkyl halides is 3. The number of halogens is 6. The first-order chi connectivity index (χ1) is 16.1. The van der Waals surface area contributed by atoms with E-state index >= 15 is 0 Å². The van der Waals surface area contributed by atoms with Crippen LogP contribution in [0.25, 0.3) is 0 Å². The summed E-state index contributed by atoms with van der Waals surface area (Å²) in [5, 5.41) is 13.1. The number of aromatic nitrogens is 2. The van der Waals surface area contributed by atoms with Crippen LogP contribution in [-0.4, -0.2) is 71.3 Å². The number of anilines is 1. The Morgan fingerprint density at radius 2 is 1.81 bits per heavy atom. The average Bonchev–Trinajstić information content (AvgIpc) is 3.10. The summed E-state index contributed by atoms with van der Waals surface area (Å²) in [5.74, 6) is -0.0740. The number of hydrogen-bond donors (Lipinski definition) is 2. The molecule has 1 fully saturated rings. The van der Waals surface area contributed by atoms with Gasteiger partial charge in [-0.3, -0.25) is 4.79 Å². The van der Waals surface area contributed by atoms with Crippen LogP contribution in [0.5, 0.6) is 0 Å². The summed E-state index contributed by atoms with van der Waals surface area (Å²) in [5.41, 5.74) is 2.22. The van der Waals surface area contributed by atoms with E-state index in [1.54, 1.807) is 29.2 Å². The van der Waals surface area contributed by atoms with Crippen LogP contribution in [0, 0.1) is 0 Å². The van der Waals surface area contributed by atoms with E-state index in [1.165, 1.54) is 6.33 Å². The van der Waals surface area contributed by atoms with Gasteiger partial charge in [0.25, 0.3) is 0 Å². The van der Waals surface area contributed by atoms with Gasteiger partial charge in [0, 0.05) is 43.3 Å². The number of fused-ring (bicyclic) bond motifs is 1. The summed E-state index contributed by atoms with van der Waals surface area (Å²) < 4.78 is 38.0. The topological polar surface area (TPSA) is 81.6 Å². The van der Waals surface area contributed by atoms with Crippen molar-refractivity contribution in [2.24, 2.45) is 0 Å². The molecule has 4 rings (SSSR count). The number of hydrogen-bond acceptors (Lipinski definition) is 6. The number of piperazine rings is 1. The van der Waals surface area contributed by atoms with Crippen molar-refractivity contribution in [1.29, 1.82) is 0 Å². The van der Waals surface area contributed by atoms with Gasteiger partial charge < -0.3 is 20.2 Å². The quantitative estimate of drug-likeness (QED) is 0.544. The van der Waals surface area contributed by atoms with Gasteiger partial charge in [0.05, 0.1) is 24.3 Å². The van der Waals surface area contributed by atoms with Gasteiger partial charge in [0.2, 0.25) is 5.91 Å². The Kier molecular flexibility index (Phi) is 10.6. The van der Waals surface area contributed by atoms with Crippen molar-refractivity contribution in [2.75, 3.05) is 44.2 Å². The molecule has 0 spiro atoms. The maximum atomic E-state index is 13.4. The Labute approximate surface area is 225 Å². The molecule has 0 saturated carbocycles. The summed E-state index contributed by atoms with van der Waals surface area (Å²) in [7, 11) is 0. The second-order valence-electron chi connectivity index (χ2n) is 8.81. The molecule has 1 unspecified atom stereocenters. The van der Waals surface area contributed by atoms with E-state index in [9.17, 15) is 23.1 Å². The second kappa shape index (κ2) is 12.6. The van der Waals surface area contributed by atoms with Crippen molar-refractivity contribution in [2.45, 2.75) is 37.5 Å². The highest BCUT2D eigenvalue weighted by molar-refractivity contribution is 6.30. The summed E-state index contributed by atoms with van der Waals surface area (Å²) in [4.78, 5) is 25.8. The largest absolute Gasteiger partial charge is 0.401 e. The first kappa shape index (κ1) is 30.4. The molecule has 0 bridgehead atoms. The van der Waals surface area contributed by atoms with Crippen molar-refractivity contribution in [3.05, 3.63) is 52.4 Å². The van der Waals surface area contributed by atoms with Crippen molar-refractivity contribution in [3.63, 3.8) is 0 Å². The molecule has 3 atom stereocenters. The maximum Gasteiger partial charge on any atom is 0.401 e. The molecule has 2 aliphatic rings. The Morgan fingerprint density at radius 1 is 1.17 bits per heavy atom. The Morgan fingerprint density at radius 3 is 2.42 bits per heavy atom. The van der Waals surface area contributed by atoms with Crippen LogP contribution in [0.1, 0.15) is 48.1 Å². The molecule has 200 valence electrons. The van der Waals surface area contributed by atoms with Gasteiger partial charge in [-0.25, -0.2) is 9.97 Å². The van der Waals surface area contributed by atoms with E-state index < -0.39 is 24.7 Å². The SMILES string of the molecule is C[C@@H]1C[C@@H](O)c2ncnc(N3CCN(C(=O)C(CNCC(F)(F)F)c4ccc(Cl)cc4)CC3)c21.Cl.Cl. The average molecular weight is 571 g/mol. The number of nitrogens with zero attached hydrogens (tertiary/aromatic N) is 4. The highest BCUT2D eigenvalue weighted by Crippen LogP contribution is 2.42. The number of aliphatic hydroxyl groups excluding tert-OH is 1. The van der Waals surface area contributed by atoms with Crippen LogP contribution < -0.4 is 10.2 Å². The molecule has 1 aliphatic heterocycles. The zero-order valence-electron chi connectivity index (χ0n) is 19.5. The van der Waals surface area contributed by atoms with Crippen molar-refractivity contribution < 1.29 is 23.1 Å². The van der Waals surface area contributed by atoms with Crippen LogP contribution in [0.2, 0.25) is 5.02 Å². The molecule has 2 heterocycles. The fraction of sp³-hybridized carbons (Fsp3) is 0.522. The first-order valence-corrected chi connectivity index (χ1v) is 11.6. The lowest BCUT2D eigenvalue weighted by atomic mass is 9.97. The molecular formula is C23H29Cl3F3N5O2. The smallest absolute Gasteiger partial charge is 0.387 e. The minimum atomic E-state index is -4.36. The summed E-state index contributed by atoms with van der Waals surface area (Å²) in [6.45, 7) is 2.63. The van der Waals surface area contributed by atoms with Crippen molar-refractivity contribution in [1.82, 2.24) is 20.2 Å². The number of benzene rings is 1. The Bertz CT molecular complexity index is 1020. The molecule has 1 saturated heterocycles. The summed E-state index contributed by atoms with van der Waals surface area (Å²) in [6.07, 6.45) is -2.90. The van der Waals surface area contributed by atoms with Crippen LogP contribution in [0.4, 0.5) is 19.0 Å². The fourth-order valence-corrected chi connectivity index (χ4v) is 4.84. The molecular weight excluding hydrogens is 542 g/mol. The zero-order valence-corrected chi connectivity index (χ0v) is 21.9. The number of carbonyl (C=O) groups excluding carboxylic acids is 1. The minimum Gasteiger partial charge on any atom is -0.387 e. The van der Waals surface area contributed by atoms with E-state index in [4.69, 9.17) is 11.6 Å². The number of aliphatic hydroxyl groups is 1. The molecule has 2 N–H and O–H groups in total. The van der Waals surface area contributed by atoms with Gasteiger partial charge in [-0.1, -0.05) is 30.7 Å². The minimum absolute atomic E-state index is 0. The molecule has 13 heteroatoms. The molecule has 1 aromatic heterocycles. The van der Waals surface area contributed by atoms with Gasteiger partial charge in [-0.15, -0.1) is 24.8 Å². The first-order valence-electron chi connectivity index (χ1n) is 11.2. The van der Waals surface area contributed by atoms with Crippen LogP contribution in [-0.2, 0) is 4.79 Å². The van der Waals surface area contributed by atoms with E-state index in [1.807, 2.05) is 6.92 Å². The highest BCUT2D eigenvalue weighted by atomic mass is 35.5. The number of nitrogens with one attached hydrogen (secondary N) is 1. The summed E-state index contributed by atoms with van der Waals surface area (Å²) in [6, 6.07) is 6.61. The van der Waals surface area contributed by atoms with E-state index in [-0.39, 0.29) is 43.2 Å². The lowest BCUT2D eigenvalue weighted by Crippen LogP contribution is -2.51. The number of carbonyl (C=O) groups is 1. The third-order valence-corrected chi connectivity index (χ3v) is 6.67. The van der Waals surface area contributed by atoms with Crippen molar-refractivity contribution in [3.8, 4) is 0 Å². The monoisotopic (exact) mass is 569 g/mol. The predicted octanol–water partition coefficient (Wildman–Crippen LogP) is 4.10. The lowest BCUT2D eigenvalue weighted by Gasteiger charge is -2.38. The molecule has 1 amide bonds. The van der Waals surface area contributed by atoms with E-state index in [0.29, 0.717) is 48.9 Å². The molecule has 1 aliphatic carbocycles. The van der Waals surface area contributed by atoms with E-state index in [0.717, 1.165) is 11.4 Å². The lowest BCUT2D eigenvalue weighted by molar-refractivity contribution is -0.135. The number of rotatable bonds is 6. The normalized spacial score (nSPS) is 20.3. The molecule has 1 aromatic carbocycles. The Hall–Kier alpha value is -1.85. The van der Waals surface area contributed by atoms with Gasteiger partial charge >= 0.3 is 6.18 Å². The van der Waals surface area contributed by atoms with Crippen LogP contribution in [0.15, 0.2) is 30.6 Å². The number of amides is 1. The predicted molar refractivity (Wildman–Crippen MR) is 136 cm³/mol. The van der Waals surface area contributed by atoms with Gasteiger partial charge in [-0.05, 0) is 30.0 Å². The third-order valence-electron chi connectivity index (χ3n) is 6.41.